The lowest BCUT2D eigenvalue weighted by molar-refractivity contribution is 0.936. The van der Waals surface area contributed by atoms with Crippen LogP contribution in [0.3, 0.4) is 0 Å². The minimum atomic E-state index is 0.870. The summed E-state index contributed by atoms with van der Waals surface area (Å²) in [5.74, 6) is 0. The molecule has 1 heterocycles. The lowest BCUT2D eigenvalue weighted by Crippen LogP contribution is -1.89. The molecule has 0 saturated heterocycles. The van der Waals surface area contributed by atoms with E-state index in [1.807, 2.05) is 30.5 Å². The number of aliphatic imine (C=N–C) groups is 1. The molecule has 0 bridgehead atoms. The van der Waals surface area contributed by atoms with Crippen molar-refractivity contribution in [2.45, 2.75) is 13.3 Å². The Morgan fingerprint density at radius 1 is 1.20 bits per heavy atom. The van der Waals surface area contributed by atoms with Gasteiger partial charge in [0.1, 0.15) is 0 Å². The van der Waals surface area contributed by atoms with E-state index >= 15 is 0 Å². The van der Waals surface area contributed by atoms with Gasteiger partial charge in [-0.25, -0.2) is 4.98 Å². The van der Waals surface area contributed by atoms with Crippen LogP contribution in [0.25, 0.3) is 10.9 Å². The van der Waals surface area contributed by atoms with Crippen molar-refractivity contribution >= 4 is 17.1 Å². The van der Waals surface area contributed by atoms with Gasteiger partial charge in [-0.1, -0.05) is 31.2 Å². The zero-order valence-corrected chi connectivity index (χ0v) is 8.85. The molecule has 2 heteroatoms. The second-order valence-corrected chi connectivity index (χ2v) is 3.46. The molecule has 76 valence electrons. The molecule has 2 nitrogen and oxygen atoms in total. The summed E-state index contributed by atoms with van der Waals surface area (Å²) < 4.78 is 0. The van der Waals surface area contributed by atoms with E-state index in [4.69, 9.17) is 0 Å². The molecule has 0 fully saturated rings. The van der Waals surface area contributed by atoms with E-state index in [1.165, 1.54) is 5.39 Å². The number of para-hydroxylation sites is 1. The summed E-state index contributed by atoms with van der Waals surface area (Å²) in [7, 11) is 0. The predicted molar refractivity (Wildman–Crippen MR) is 64.5 cm³/mol. The summed E-state index contributed by atoms with van der Waals surface area (Å²) in [4.78, 5) is 8.78. The number of aromatic nitrogens is 1. The lowest BCUT2D eigenvalue weighted by atomic mass is 10.2. The quantitative estimate of drug-likeness (QED) is 0.696. The van der Waals surface area contributed by atoms with Crippen LogP contribution in [-0.2, 0) is 0 Å². The molecule has 2 aromatic rings. The van der Waals surface area contributed by atoms with Crippen molar-refractivity contribution in [3.05, 3.63) is 42.1 Å². The van der Waals surface area contributed by atoms with Crippen LogP contribution >= 0.6 is 0 Å². The van der Waals surface area contributed by atoms with Gasteiger partial charge >= 0.3 is 0 Å². The Balaban J connectivity index is 2.30. The molecule has 0 spiro atoms. The molecule has 0 radical (unpaired) electrons. The van der Waals surface area contributed by atoms with Gasteiger partial charge in [0.25, 0.3) is 0 Å². The summed E-state index contributed by atoms with van der Waals surface area (Å²) in [5.41, 5.74) is 1.96. The van der Waals surface area contributed by atoms with E-state index in [1.54, 1.807) is 0 Å². The average Bonchev–Trinajstić information content (AvgIpc) is 2.29. The van der Waals surface area contributed by atoms with Gasteiger partial charge in [0.2, 0.25) is 0 Å². The van der Waals surface area contributed by atoms with Crippen molar-refractivity contribution in [1.29, 1.82) is 0 Å². The summed E-state index contributed by atoms with van der Waals surface area (Å²) in [6, 6.07) is 12.2. The molecule has 15 heavy (non-hydrogen) atoms. The minimum absolute atomic E-state index is 0.870. The number of rotatable bonds is 3. The number of hydrogen-bond acceptors (Lipinski definition) is 2. The second-order valence-electron chi connectivity index (χ2n) is 3.46. The molecule has 2 rings (SSSR count). The normalized spacial score (nSPS) is 11.3. The maximum absolute atomic E-state index is 4.50. The molecule has 0 unspecified atom stereocenters. The molecule has 0 amide bonds. The van der Waals surface area contributed by atoms with Gasteiger partial charge in [-0.15, -0.1) is 0 Å². The van der Waals surface area contributed by atoms with Crippen molar-refractivity contribution in [3.8, 4) is 0 Å². The standard InChI is InChI=1S/C13H14N2/c1-2-9-14-10-12-8-7-11-5-3-4-6-13(11)15-12/h3-8,10H,2,9H2,1H3. The smallest absolute Gasteiger partial charge is 0.0815 e. The Morgan fingerprint density at radius 3 is 2.93 bits per heavy atom. The van der Waals surface area contributed by atoms with Gasteiger partial charge < -0.3 is 0 Å². The average molecular weight is 198 g/mol. The van der Waals surface area contributed by atoms with Gasteiger partial charge in [-0.2, -0.15) is 0 Å². The zero-order chi connectivity index (χ0) is 10.5. The highest BCUT2D eigenvalue weighted by Gasteiger charge is 1.94. The van der Waals surface area contributed by atoms with E-state index < -0.39 is 0 Å². The first-order valence-corrected chi connectivity index (χ1v) is 5.26. The molecule has 1 aromatic carbocycles. The van der Waals surface area contributed by atoms with Crippen LogP contribution in [0, 0.1) is 0 Å². The second kappa shape index (κ2) is 4.69. The molecule has 0 atom stereocenters. The fraction of sp³-hybridized carbons (Fsp3) is 0.231. The Morgan fingerprint density at radius 2 is 2.07 bits per heavy atom. The molecule has 0 saturated carbocycles. The van der Waals surface area contributed by atoms with Crippen LogP contribution < -0.4 is 0 Å². The first-order chi connectivity index (χ1) is 7.40. The molecule has 0 aliphatic heterocycles. The van der Waals surface area contributed by atoms with Crippen LogP contribution in [0.4, 0.5) is 0 Å². The van der Waals surface area contributed by atoms with Gasteiger partial charge in [0.05, 0.1) is 11.2 Å². The molecular formula is C13H14N2. The third kappa shape index (κ3) is 2.40. The van der Waals surface area contributed by atoms with Crippen molar-refractivity contribution in [1.82, 2.24) is 4.98 Å². The van der Waals surface area contributed by atoms with Gasteiger partial charge in [0.15, 0.2) is 0 Å². The number of hydrogen-bond donors (Lipinski definition) is 0. The SMILES string of the molecule is CCCN=Cc1ccc2ccccc2n1. The molecule has 0 N–H and O–H groups in total. The summed E-state index contributed by atoms with van der Waals surface area (Å²) in [5, 5.41) is 1.17. The summed E-state index contributed by atoms with van der Waals surface area (Å²) in [6.45, 7) is 2.99. The third-order valence-corrected chi connectivity index (χ3v) is 2.20. The lowest BCUT2D eigenvalue weighted by Gasteiger charge is -1.97. The molecule has 0 aliphatic rings. The third-order valence-electron chi connectivity index (χ3n) is 2.20. The van der Waals surface area contributed by atoms with Crippen LogP contribution in [0.5, 0.6) is 0 Å². The van der Waals surface area contributed by atoms with Gasteiger partial charge in [-0.05, 0) is 18.6 Å². The topological polar surface area (TPSA) is 25.2 Å². The maximum atomic E-state index is 4.50. The monoisotopic (exact) mass is 198 g/mol. The minimum Gasteiger partial charge on any atom is -0.291 e. The largest absolute Gasteiger partial charge is 0.291 e. The van der Waals surface area contributed by atoms with Crippen LogP contribution in [0.1, 0.15) is 19.0 Å². The van der Waals surface area contributed by atoms with Gasteiger partial charge in [-0.3, -0.25) is 4.99 Å². The summed E-state index contributed by atoms with van der Waals surface area (Å²) >= 11 is 0. The van der Waals surface area contributed by atoms with Crippen molar-refractivity contribution < 1.29 is 0 Å². The number of pyridine rings is 1. The fourth-order valence-corrected chi connectivity index (χ4v) is 1.44. The van der Waals surface area contributed by atoms with Crippen molar-refractivity contribution in [3.63, 3.8) is 0 Å². The van der Waals surface area contributed by atoms with Crippen molar-refractivity contribution in [2.75, 3.05) is 6.54 Å². The van der Waals surface area contributed by atoms with Crippen molar-refractivity contribution in [2.24, 2.45) is 4.99 Å². The number of fused-ring (bicyclic) bond motifs is 1. The van der Waals surface area contributed by atoms with E-state index in [-0.39, 0.29) is 0 Å². The van der Waals surface area contributed by atoms with Gasteiger partial charge in [0, 0.05) is 18.1 Å². The number of nitrogens with zero attached hydrogens (tertiary/aromatic N) is 2. The van der Waals surface area contributed by atoms with Crippen LogP contribution in [-0.4, -0.2) is 17.7 Å². The molecule has 0 aliphatic carbocycles. The maximum Gasteiger partial charge on any atom is 0.0815 e. The van der Waals surface area contributed by atoms with E-state index in [0.29, 0.717) is 0 Å². The van der Waals surface area contributed by atoms with Crippen LogP contribution in [0.15, 0.2) is 41.4 Å². The van der Waals surface area contributed by atoms with E-state index in [0.717, 1.165) is 24.2 Å². The number of benzene rings is 1. The first kappa shape index (κ1) is 9.84. The molecule has 1 aromatic heterocycles. The predicted octanol–water partition coefficient (Wildman–Crippen LogP) is 3.06. The van der Waals surface area contributed by atoms with E-state index in [2.05, 4.69) is 29.0 Å². The Hall–Kier alpha value is -1.70. The Bertz CT molecular complexity index is 475. The fourth-order valence-electron chi connectivity index (χ4n) is 1.44. The highest BCUT2D eigenvalue weighted by Crippen LogP contribution is 2.10. The van der Waals surface area contributed by atoms with Crippen LogP contribution in [0.2, 0.25) is 0 Å². The Kier molecular flexibility index (Phi) is 3.08. The first-order valence-electron chi connectivity index (χ1n) is 5.26. The highest BCUT2D eigenvalue weighted by molar-refractivity contribution is 5.84. The Labute approximate surface area is 89.7 Å². The molecular weight excluding hydrogens is 184 g/mol. The van der Waals surface area contributed by atoms with E-state index in [9.17, 15) is 0 Å². The highest BCUT2D eigenvalue weighted by atomic mass is 14.8. The summed E-state index contributed by atoms with van der Waals surface area (Å²) in [6.07, 6.45) is 2.92. The zero-order valence-electron chi connectivity index (χ0n) is 8.85.